The average Bonchev–Trinajstić information content (AvgIpc) is 4.00. The fourth-order valence-corrected chi connectivity index (χ4v) is 9.30. The number of aromatic nitrogens is 6. The lowest BCUT2D eigenvalue weighted by atomic mass is 10.00. The van der Waals surface area contributed by atoms with E-state index in [0.717, 1.165) is 121 Å². The zero-order valence-electron chi connectivity index (χ0n) is 29.8. The van der Waals surface area contributed by atoms with Gasteiger partial charge in [0.1, 0.15) is 0 Å². The molecule has 0 aliphatic heterocycles. The SMILES string of the molecule is c1ccc(-c2cc3c(cn2)c2cnc(-c4ccccc4)c4c5cc6c7c(-c8ccccc8)ncc8c9cnc(-c%10ccccc%10)cc9n(c6cc5n3c24)c87)cc1. The van der Waals surface area contributed by atoms with Gasteiger partial charge in [0, 0.05) is 90.1 Å². The highest BCUT2D eigenvalue weighted by Crippen LogP contribution is 2.48. The molecule has 0 saturated carbocycles. The quantitative estimate of drug-likeness (QED) is 0.182. The van der Waals surface area contributed by atoms with Gasteiger partial charge in [-0.2, -0.15) is 0 Å². The van der Waals surface area contributed by atoms with Crippen LogP contribution in [0, 0.1) is 0 Å². The van der Waals surface area contributed by atoms with Gasteiger partial charge in [0.2, 0.25) is 0 Å². The average molecular weight is 713 g/mol. The lowest BCUT2D eigenvalue weighted by Gasteiger charge is -2.07. The summed E-state index contributed by atoms with van der Waals surface area (Å²) in [6.45, 7) is 0. The first kappa shape index (κ1) is 29.7. The first-order valence-corrected chi connectivity index (χ1v) is 18.9. The van der Waals surface area contributed by atoms with Crippen molar-refractivity contribution in [2.45, 2.75) is 0 Å². The van der Waals surface area contributed by atoms with Gasteiger partial charge in [0.05, 0.1) is 55.9 Å². The van der Waals surface area contributed by atoms with Crippen LogP contribution in [-0.2, 0) is 0 Å². The minimum atomic E-state index is 0.939. The molecule has 0 atom stereocenters. The predicted molar refractivity (Wildman–Crippen MR) is 229 cm³/mol. The molecule has 0 spiro atoms. The van der Waals surface area contributed by atoms with Crippen LogP contribution in [0.25, 0.3) is 121 Å². The van der Waals surface area contributed by atoms with E-state index >= 15 is 0 Å². The monoisotopic (exact) mass is 712 g/mol. The van der Waals surface area contributed by atoms with Crippen molar-refractivity contribution < 1.29 is 0 Å². The number of hydrogen-bond acceptors (Lipinski definition) is 4. The van der Waals surface area contributed by atoms with Crippen LogP contribution in [0.5, 0.6) is 0 Å². The van der Waals surface area contributed by atoms with Crippen molar-refractivity contribution in [1.29, 1.82) is 0 Å². The maximum absolute atomic E-state index is 5.22. The van der Waals surface area contributed by atoms with E-state index in [9.17, 15) is 0 Å². The summed E-state index contributed by atoms with van der Waals surface area (Å²) < 4.78 is 4.91. The summed E-state index contributed by atoms with van der Waals surface area (Å²) in [5, 5.41) is 8.97. The summed E-state index contributed by atoms with van der Waals surface area (Å²) in [6.07, 6.45) is 8.13. The number of pyridine rings is 4. The molecule has 0 unspecified atom stereocenters. The normalized spacial score (nSPS) is 12.3. The second-order valence-corrected chi connectivity index (χ2v) is 14.7. The fraction of sp³-hybridized carbons (Fsp3) is 0. The second-order valence-electron chi connectivity index (χ2n) is 14.7. The molecule has 13 aromatic rings. The Morgan fingerprint density at radius 1 is 0.304 bits per heavy atom. The van der Waals surface area contributed by atoms with Crippen molar-refractivity contribution in [3.63, 3.8) is 0 Å². The Labute approximate surface area is 319 Å². The van der Waals surface area contributed by atoms with E-state index in [0.29, 0.717) is 0 Å². The topological polar surface area (TPSA) is 60.4 Å². The Hall–Kier alpha value is -7.70. The van der Waals surface area contributed by atoms with Crippen LogP contribution in [0.3, 0.4) is 0 Å². The van der Waals surface area contributed by atoms with Gasteiger partial charge in [-0.1, -0.05) is 121 Å². The molecule has 0 N–H and O–H groups in total. The summed E-state index contributed by atoms with van der Waals surface area (Å²) >= 11 is 0. The molecule has 56 heavy (non-hydrogen) atoms. The fourth-order valence-electron chi connectivity index (χ4n) is 9.30. The van der Waals surface area contributed by atoms with Crippen molar-refractivity contribution in [2.75, 3.05) is 0 Å². The first-order valence-electron chi connectivity index (χ1n) is 18.9. The van der Waals surface area contributed by atoms with Crippen LogP contribution >= 0.6 is 0 Å². The summed E-state index contributed by atoms with van der Waals surface area (Å²) in [4.78, 5) is 20.4. The highest BCUT2D eigenvalue weighted by atomic mass is 15.0. The molecular formula is C50H28N6. The summed E-state index contributed by atoms with van der Waals surface area (Å²) in [7, 11) is 0. The Morgan fingerprint density at radius 2 is 0.661 bits per heavy atom. The highest BCUT2D eigenvalue weighted by molar-refractivity contribution is 6.31. The third kappa shape index (κ3) is 3.89. The van der Waals surface area contributed by atoms with E-state index in [1.807, 2.05) is 36.9 Å². The van der Waals surface area contributed by atoms with Crippen molar-refractivity contribution in [2.24, 2.45) is 0 Å². The zero-order valence-corrected chi connectivity index (χ0v) is 29.8. The van der Waals surface area contributed by atoms with Gasteiger partial charge >= 0.3 is 0 Å². The van der Waals surface area contributed by atoms with Crippen molar-refractivity contribution in [3.05, 3.63) is 170 Å². The minimum absolute atomic E-state index is 0.939. The molecule has 0 fully saturated rings. The Bertz CT molecular complexity index is 3430. The largest absolute Gasteiger partial charge is 0.308 e. The lowest BCUT2D eigenvalue weighted by Crippen LogP contribution is -1.88. The molecule has 8 heterocycles. The molecule has 0 saturated heterocycles. The van der Waals surface area contributed by atoms with Gasteiger partial charge in [-0.05, 0) is 24.3 Å². The van der Waals surface area contributed by atoms with E-state index < -0.39 is 0 Å². The third-order valence-corrected chi connectivity index (χ3v) is 11.7. The molecule has 0 bridgehead atoms. The van der Waals surface area contributed by atoms with Crippen LogP contribution in [0.1, 0.15) is 0 Å². The third-order valence-electron chi connectivity index (χ3n) is 11.7. The van der Waals surface area contributed by atoms with Crippen molar-refractivity contribution in [3.8, 4) is 45.0 Å². The Balaban J connectivity index is 1.24. The van der Waals surface area contributed by atoms with Gasteiger partial charge in [0.15, 0.2) is 0 Å². The van der Waals surface area contributed by atoms with E-state index in [-0.39, 0.29) is 0 Å². The van der Waals surface area contributed by atoms with E-state index in [4.69, 9.17) is 19.9 Å². The number of hydrogen-bond donors (Lipinski definition) is 0. The van der Waals surface area contributed by atoms with Crippen molar-refractivity contribution >= 4 is 76.2 Å². The maximum atomic E-state index is 5.22. The molecule has 6 heteroatoms. The molecule has 6 nitrogen and oxygen atoms in total. The molecular weight excluding hydrogens is 685 g/mol. The lowest BCUT2D eigenvalue weighted by molar-refractivity contribution is 1.31. The number of nitrogens with zero attached hydrogens (tertiary/aromatic N) is 6. The summed E-state index contributed by atoms with van der Waals surface area (Å²) in [6, 6.07) is 51.3. The molecule has 5 aromatic carbocycles. The van der Waals surface area contributed by atoms with Crippen LogP contribution in [0.2, 0.25) is 0 Å². The second kappa shape index (κ2) is 10.9. The van der Waals surface area contributed by atoms with E-state index in [1.165, 1.54) is 0 Å². The molecule has 13 rings (SSSR count). The molecule has 0 aliphatic rings. The Kier molecular flexibility index (Phi) is 5.80. The zero-order chi connectivity index (χ0) is 36.5. The van der Waals surface area contributed by atoms with E-state index in [2.05, 4.69) is 142 Å². The number of rotatable bonds is 4. The van der Waals surface area contributed by atoms with Crippen LogP contribution in [0.4, 0.5) is 0 Å². The highest BCUT2D eigenvalue weighted by Gasteiger charge is 2.27. The molecule has 0 radical (unpaired) electrons. The van der Waals surface area contributed by atoms with Gasteiger partial charge < -0.3 is 8.80 Å². The smallest absolute Gasteiger partial charge is 0.0802 e. The van der Waals surface area contributed by atoms with Crippen LogP contribution in [-0.4, -0.2) is 28.7 Å². The molecule has 258 valence electrons. The molecule has 0 amide bonds. The first-order chi connectivity index (χ1) is 27.8. The standard InChI is InChI=1S/C50H28N6/c1-5-13-29(14-6-1)39-22-41-35(25-51-39)37-27-53-47(31-17-9-3-10-18-31)45-33-21-34-44(24-43(33)55(41)49(37)45)56-42-23-40(30-15-7-2-8-16-30)52-26-36(42)38-28-54-48(46(34)50(38)56)32-19-11-4-12-20-32/h1-28H. The summed E-state index contributed by atoms with van der Waals surface area (Å²) in [5.41, 5.74) is 15.0. The predicted octanol–water partition coefficient (Wildman–Crippen LogP) is 12.2. The Morgan fingerprint density at radius 3 is 1.07 bits per heavy atom. The van der Waals surface area contributed by atoms with Gasteiger partial charge in [-0.3, -0.25) is 19.9 Å². The van der Waals surface area contributed by atoms with Gasteiger partial charge in [-0.15, -0.1) is 0 Å². The minimum Gasteiger partial charge on any atom is -0.308 e. The van der Waals surface area contributed by atoms with Crippen LogP contribution < -0.4 is 0 Å². The van der Waals surface area contributed by atoms with Crippen LogP contribution in [0.15, 0.2) is 170 Å². The number of benzene rings is 5. The maximum Gasteiger partial charge on any atom is 0.0802 e. The van der Waals surface area contributed by atoms with Gasteiger partial charge in [0.25, 0.3) is 0 Å². The molecule has 0 aliphatic carbocycles. The van der Waals surface area contributed by atoms with E-state index in [1.54, 1.807) is 0 Å². The molecule has 8 aromatic heterocycles. The summed E-state index contributed by atoms with van der Waals surface area (Å²) in [5.74, 6) is 0. The van der Waals surface area contributed by atoms with Gasteiger partial charge in [-0.25, -0.2) is 0 Å². The van der Waals surface area contributed by atoms with Crippen molar-refractivity contribution in [1.82, 2.24) is 28.7 Å². The number of fused-ring (bicyclic) bond motifs is 12.